The smallest absolute Gasteiger partial charge is 0.337 e. The Hall–Kier alpha value is -3.06. The van der Waals surface area contributed by atoms with Gasteiger partial charge in [-0.1, -0.05) is 11.6 Å². The minimum atomic E-state index is -0.522. The molecular weight excluding hydrogens is 396 g/mol. The molecule has 7 nitrogen and oxygen atoms in total. The first-order chi connectivity index (χ1) is 13.8. The summed E-state index contributed by atoms with van der Waals surface area (Å²) >= 11 is 6.06. The topological polar surface area (TPSA) is 84.9 Å². The minimum absolute atomic E-state index is 0.0841. The van der Waals surface area contributed by atoms with Gasteiger partial charge >= 0.3 is 5.97 Å². The quantitative estimate of drug-likeness (QED) is 0.755. The summed E-state index contributed by atoms with van der Waals surface area (Å²) in [5.74, 6) is -0.901. The molecule has 1 N–H and O–H groups in total. The maximum atomic E-state index is 12.7. The molecule has 1 saturated heterocycles. The van der Waals surface area contributed by atoms with Crippen molar-refractivity contribution in [3.63, 3.8) is 0 Å². The van der Waals surface area contributed by atoms with Crippen LogP contribution in [-0.2, 0) is 14.3 Å². The van der Waals surface area contributed by atoms with Crippen LogP contribution in [0.25, 0.3) is 0 Å². The Morgan fingerprint density at radius 1 is 1.17 bits per heavy atom. The number of ether oxygens (including phenoxy) is 2. The van der Waals surface area contributed by atoms with E-state index in [1.54, 1.807) is 43.3 Å². The summed E-state index contributed by atoms with van der Waals surface area (Å²) in [4.78, 5) is 38.4. The number of carbonyl (C=O) groups is 3. The summed E-state index contributed by atoms with van der Waals surface area (Å²) in [6.07, 6.45) is 0.0841. The molecule has 0 spiro atoms. The maximum Gasteiger partial charge on any atom is 0.337 e. The number of hydrogen-bond acceptors (Lipinski definition) is 5. The summed E-state index contributed by atoms with van der Waals surface area (Å²) in [6, 6.07) is 9.88. The van der Waals surface area contributed by atoms with Crippen LogP contribution in [0.3, 0.4) is 0 Å². The number of benzene rings is 2. The highest BCUT2D eigenvalue weighted by Crippen LogP contribution is 2.35. The summed E-state index contributed by atoms with van der Waals surface area (Å²) in [7, 11) is 2.82. The lowest BCUT2D eigenvalue weighted by Crippen LogP contribution is -2.28. The first kappa shape index (κ1) is 20.7. The van der Waals surface area contributed by atoms with Gasteiger partial charge in [-0.15, -0.1) is 0 Å². The van der Waals surface area contributed by atoms with Gasteiger partial charge in [-0.2, -0.15) is 0 Å². The van der Waals surface area contributed by atoms with Gasteiger partial charge < -0.3 is 19.7 Å². The predicted molar refractivity (Wildman–Crippen MR) is 110 cm³/mol. The van der Waals surface area contributed by atoms with E-state index < -0.39 is 11.9 Å². The molecule has 152 valence electrons. The Morgan fingerprint density at radius 3 is 2.59 bits per heavy atom. The Kier molecular flexibility index (Phi) is 6.08. The number of methoxy groups -OCH3 is 2. The number of carbonyl (C=O) groups excluding carboxylic acids is 3. The highest BCUT2D eigenvalue weighted by molar-refractivity contribution is 6.31. The highest BCUT2D eigenvalue weighted by atomic mass is 35.5. The molecule has 1 aliphatic rings. The van der Waals surface area contributed by atoms with Crippen molar-refractivity contribution in [2.24, 2.45) is 5.92 Å². The number of nitrogens with zero attached hydrogens (tertiary/aromatic N) is 1. The van der Waals surface area contributed by atoms with E-state index in [1.165, 1.54) is 19.1 Å². The highest BCUT2D eigenvalue weighted by Gasteiger charge is 2.36. The monoisotopic (exact) mass is 416 g/mol. The van der Waals surface area contributed by atoms with Crippen LogP contribution in [-0.4, -0.2) is 38.5 Å². The first-order valence-corrected chi connectivity index (χ1v) is 9.35. The molecule has 0 saturated carbocycles. The van der Waals surface area contributed by atoms with E-state index in [1.807, 2.05) is 0 Å². The number of esters is 1. The Balaban J connectivity index is 1.74. The average Bonchev–Trinajstić information content (AvgIpc) is 3.10. The van der Waals surface area contributed by atoms with Crippen LogP contribution in [0.2, 0.25) is 5.02 Å². The van der Waals surface area contributed by atoms with Crippen molar-refractivity contribution in [2.75, 3.05) is 31.0 Å². The van der Waals surface area contributed by atoms with E-state index >= 15 is 0 Å². The van der Waals surface area contributed by atoms with Crippen molar-refractivity contribution in [2.45, 2.75) is 13.3 Å². The summed E-state index contributed by atoms with van der Waals surface area (Å²) in [5.41, 5.74) is 2.24. The van der Waals surface area contributed by atoms with Gasteiger partial charge in [-0.05, 0) is 48.9 Å². The van der Waals surface area contributed by atoms with Crippen molar-refractivity contribution in [3.05, 3.63) is 52.5 Å². The van der Waals surface area contributed by atoms with Crippen molar-refractivity contribution in [1.82, 2.24) is 0 Å². The third kappa shape index (κ3) is 4.35. The van der Waals surface area contributed by atoms with E-state index in [-0.39, 0.29) is 24.8 Å². The van der Waals surface area contributed by atoms with E-state index in [2.05, 4.69) is 5.32 Å². The summed E-state index contributed by atoms with van der Waals surface area (Å²) < 4.78 is 10.0. The number of amides is 2. The molecule has 3 rings (SSSR count). The third-order valence-corrected chi connectivity index (χ3v) is 5.07. The molecule has 1 atom stereocenters. The van der Waals surface area contributed by atoms with Gasteiger partial charge in [-0.3, -0.25) is 9.59 Å². The molecule has 1 heterocycles. The molecule has 29 heavy (non-hydrogen) atoms. The SMILES string of the molecule is COC(=O)c1ccc(NC(=O)C2CC(=O)N(c3cc(Cl)ccc3OC)C2)c(C)c1. The fourth-order valence-corrected chi connectivity index (χ4v) is 3.44. The molecule has 2 amide bonds. The van der Waals surface area contributed by atoms with Crippen LogP contribution >= 0.6 is 11.6 Å². The van der Waals surface area contributed by atoms with E-state index in [0.717, 1.165) is 5.56 Å². The van der Waals surface area contributed by atoms with Crippen LogP contribution < -0.4 is 15.0 Å². The fourth-order valence-electron chi connectivity index (χ4n) is 3.27. The zero-order valence-corrected chi connectivity index (χ0v) is 17.1. The average molecular weight is 417 g/mol. The molecular formula is C21H21ClN2O5. The second-order valence-corrected chi connectivity index (χ2v) is 7.17. The molecule has 1 fully saturated rings. The Labute approximate surface area is 173 Å². The second kappa shape index (κ2) is 8.53. The van der Waals surface area contributed by atoms with Crippen LogP contribution in [0.5, 0.6) is 5.75 Å². The number of hydrogen-bond donors (Lipinski definition) is 1. The lowest BCUT2D eigenvalue weighted by Gasteiger charge is -2.20. The number of aryl methyl sites for hydroxylation is 1. The van der Waals surface area contributed by atoms with Crippen LogP contribution in [0.4, 0.5) is 11.4 Å². The zero-order chi connectivity index (χ0) is 21.1. The molecule has 0 bridgehead atoms. The standard InChI is InChI=1S/C21H21ClN2O5/c1-12-8-13(21(27)29-3)4-6-16(12)23-20(26)14-9-19(25)24(11-14)17-10-15(22)5-7-18(17)28-2/h4-8,10,14H,9,11H2,1-3H3,(H,23,26). The molecule has 2 aromatic rings. The molecule has 0 radical (unpaired) electrons. The second-order valence-electron chi connectivity index (χ2n) is 6.73. The number of anilines is 2. The van der Waals surface area contributed by atoms with Gasteiger partial charge in [0, 0.05) is 23.7 Å². The zero-order valence-electron chi connectivity index (χ0n) is 16.3. The van der Waals surface area contributed by atoms with Crippen molar-refractivity contribution >= 4 is 40.8 Å². The molecule has 1 aliphatic heterocycles. The van der Waals surface area contributed by atoms with E-state index in [9.17, 15) is 14.4 Å². The van der Waals surface area contributed by atoms with Gasteiger partial charge in [0.1, 0.15) is 5.75 Å². The maximum absolute atomic E-state index is 12.7. The van der Waals surface area contributed by atoms with Gasteiger partial charge in [0.25, 0.3) is 0 Å². The van der Waals surface area contributed by atoms with Crippen LogP contribution in [0, 0.1) is 12.8 Å². The van der Waals surface area contributed by atoms with Crippen molar-refractivity contribution < 1.29 is 23.9 Å². The molecule has 8 heteroatoms. The number of halogens is 1. The largest absolute Gasteiger partial charge is 0.495 e. The van der Waals surface area contributed by atoms with Crippen LogP contribution in [0.15, 0.2) is 36.4 Å². The summed E-state index contributed by atoms with van der Waals surface area (Å²) in [5, 5.41) is 3.32. The van der Waals surface area contributed by atoms with Gasteiger partial charge in [0.2, 0.25) is 11.8 Å². The fraction of sp³-hybridized carbons (Fsp3) is 0.286. The predicted octanol–water partition coefficient (Wildman–Crippen LogP) is 3.44. The molecule has 1 unspecified atom stereocenters. The normalized spacial score (nSPS) is 15.9. The minimum Gasteiger partial charge on any atom is -0.495 e. The van der Waals surface area contributed by atoms with Gasteiger partial charge in [-0.25, -0.2) is 4.79 Å². The van der Waals surface area contributed by atoms with Gasteiger partial charge in [0.15, 0.2) is 0 Å². The molecule has 0 aromatic heterocycles. The van der Waals surface area contributed by atoms with Crippen molar-refractivity contribution in [1.29, 1.82) is 0 Å². The number of rotatable bonds is 5. The molecule has 2 aromatic carbocycles. The first-order valence-electron chi connectivity index (χ1n) is 8.97. The lowest BCUT2D eigenvalue weighted by atomic mass is 10.1. The molecule has 0 aliphatic carbocycles. The lowest BCUT2D eigenvalue weighted by molar-refractivity contribution is -0.122. The Bertz CT molecular complexity index is 976. The van der Waals surface area contributed by atoms with E-state index in [0.29, 0.717) is 27.7 Å². The third-order valence-electron chi connectivity index (χ3n) is 4.83. The summed E-state index contributed by atoms with van der Waals surface area (Å²) in [6.45, 7) is 2.01. The number of nitrogens with one attached hydrogen (secondary N) is 1. The van der Waals surface area contributed by atoms with E-state index in [4.69, 9.17) is 21.1 Å². The van der Waals surface area contributed by atoms with Crippen LogP contribution in [0.1, 0.15) is 22.3 Å². The van der Waals surface area contributed by atoms with Gasteiger partial charge in [0.05, 0.1) is 31.4 Å². The Morgan fingerprint density at radius 2 is 1.93 bits per heavy atom. The van der Waals surface area contributed by atoms with Crippen molar-refractivity contribution in [3.8, 4) is 5.75 Å².